The molecule has 0 bridgehead atoms. The van der Waals surface area contributed by atoms with Crippen LogP contribution >= 0.6 is 11.6 Å². The first kappa shape index (κ1) is 45.3. The molecule has 4 aliphatic heterocycles. The monoisotopic (exact) mass is 920 g/mol. The van der Waals surface area contributed by atoms with Crippen molar-refractivity contribution >= 4 is 73.6 Å². The first-order valence-corrected chi connectivity index (χ1v) is 24.2. The van der Waals surface area contributed by atoms with Crippen LogP contribution in [0.5, 0.6) is 5.75 Å². The fraction of sp³-hybridized carbons (Fsp3) is 0.467. The van der Waals surface area contributed by atoms with Gasteiger partial charge in [-0.15, -0.1) is 0 Å². The second-order valence-electron chi connectivity index (χ2n) is 16.9. The van der Waals surface area contributed by atoms with Crippen molar-refractivity contribution in [3.63, 3.8) is 0 Å². The number of aromatic nitrogens is 2. The third-order valence-corrected chi connectivity index (χ3v) is 14.2. The first-order chi connectivity index (χ1) is 30.8. The molecule has 1 aromatic heterocycles. The fourth-order valence-corrected chi connectivity index (χ4v) is 10.4. The highest BCUT2D eigenvalue weighted by Gasteiger charge is 2.34. The van der Waals surface area contributed by atoms with Gasteiger partial charge in [-0.25, -0.2) is 22.2 Å². The van der Waals surface area contributed by atoms with Crippen LogP contribution in [0.3, 0.4) is 0 Å². The summed E-state index contributed by atoms with van der Waals surface area (Å²) >= 11 is 6.51. The topological polar surface area (TPSA) is 173 Å². The van der Waals surface area contributed by atoms with Gasteiger partial charge in [-0.2, -0.15) is 4.98 Å². The van der Waals surface area contributed by atoms with Crippen LogP contribution in [0, 0.1) is 17.6 Å². The molecule has 3 saturated heterocycles. The molecule has 3 aromatic carbocycles. The molecule has 5 heterocycles. The summed E-state index contributed by atoms with van der Waals surface area (Å²) in [7, 11) is -1.84. The van der Waals surface area contributed by atoms with E-state index in [0.717, 1.165) is 76.1 Å². The molecule has 4 aliphatic rings. The molecule has 1 atom stereocenters. The number of fused-ring (bicyclic) bond motifs is 1. The summed E-state index contributed by atoms with van der Waals surface area (Å²) in [6.07, 6.45) is 8.40. The maximum absolute atomic E-state index is 15.1. The molecule has 8 rings (SSSR count). The standard InChI is InChI=1S/C45H55ClF2N10O5S/c1-63-39-26-31(6-8-37(39)53-45-51-27-34(46)43(55-45)52-38-5-3-4-29-13-23-58(42(29)38)64(2,61)62)56-21-14-30(15-22-56)50-18-17-49-16-10-28-11-19-57(20-12-28)32-24-35(47)41(36(48)25-32)33-7-9-40(59)54-44(33)60/h3-6,8,24-28,30,33,49-50H,7,9-23H2,1-2H3,(H,54,59,60)(H2,51,52,53,55). The molecular formula is C45H55ClF2N10O5S. The number of benzene rings is 3. The van der Waals surface area contributed by atoms with Gasteiger partial charge in [0.25, 0.3) is 0 Å². The van der Waals surface area contributed by atoms with Crippen molar-refractivity contribution in [2.24, 2.45) is 5.92 Å². The molecule has 0 spiro atoms. The number of hydrogen-bond donors (Lipinski definition) is 5. The van der Waals surface area contributed by atoms with Crippen LogP contribution in [0.25, 0.3) is 0 Å². The van der Waals surface area contributed by atoms with Crippen LogP contribution in [0.2, 0.25) is 5.02 Å². The fourth-order valence-electron chi connectivity index (χ4n) is 9.27. The number of para-hydroxylation sites is 1. The number of hydrogen-bond acceptors (Lipinski definition) is 13. The van der Waals surface area contributed by atoms with Crippen LogP contribution in [0.15, 0.2) is 54.7 Å². The predicted molar refractivity (Wildman–Crippen MR) is 246 cm³/mol. The number of sulfonamides is 1. The van der Waals surface area contributed by atoms with Crippen molar-refractivity contribution in [3.05, 3.63) is 82.5 Å². The van der Waals surface area contributed by atoms with E-state index >= 15 is 8.78 Å². The lowest BCUT2D eigenvalue weighted by molar-refractivity contribution is -0.134. The van der Waals surface area contributed by atoms with E-state index in [-0.39, 0.29) is 23.4 Å². The maximum atomic E-state index is 15.1. The van der Waals surface area contributed by atoms with Crippen molar-refractivity contribution in [3.8, 4) is 5.75 Å². The molecule has 19 heteroatoms. The lowest BCUT2D eigenvalue weighted by atomic mass is 9.89. The van der Waals surface area contributed by atoms with Crippen LogP contribution < -0.4 is 45.4 Å². The Kier molecular flexibility index (Phi) is 14.0. The molecule has 0 saturated carbocycles. The van der Waals surface area contributed by atoms with E-state index in [0.29, 0.717) is 78.3 Å². The van der Waals surface area contributed by atoms with Crippen molar-refractivity contribution in [1.29, 1.82) is 0 Å². The smallest absolute Gasteiger partial charge is 0.234 e. The Bertz CT molecular complexity index is 2450. The Hall–Kier alpha value is -5.30. The Morgan fingerprint density at radius 2 is 1.59 bits per heavy atom. The summed E-state index contributed by atoms with van der Waals surface area (Å²) in [6, 6.07) is 14.7. The Morgan fingerprint density at radius 1 is 0.859 bits per heavy atom. The van der Waals surface area contributed by atoms with E-state index in [1.807, 2.05) is 29.2 Å². The summed E-state index contributed by atoms with van der Waals surface area (Å²) in [5.41, 5.74) is 4.08. The minimum atomic E-state index is -3.47. The van der Waals surface area contributed by atoms with Crippen molar-refractivity contribution in [2.75, 3.05) is 90.5 Å². The zero-order valence-electron chi connectivity index (χ0n) is 36.1. The van der Waals surface area contributed by atoms with Gasteiger partial charge in [-0.1, -0.05) is 23.7 Å². The highest BCUT2D eigenvalue weighted by Crippen LogP contribution is 2.40. The molecule has 4 aromatic rings. The Morgan fingerprint density at radius 3 is 2.31 bits per heavy atom. The summed E-state index contributed by atoms with van der Waals surface area (Å²) in [5.74, 6) is -1.76. The Balaban J connectivity index is 0.746. The number of piperidine rings is 3. The van der Waals surface area contributed by atoms with Gasteiger partial charge in [0.2, 0.25) is 27.8 Å². The molecule has 0 aliphatic carbocycles. The van der Waals surface area contributed by atoms with E-state index in [4.69, 9.17) is 16.3 Å². The minimum absolute atomic E-state index is 0.0634. The highest BCUT2D eigenvalue weighted by atomic mass is 35.5. The number of nitrogens with one attached hydrogen (secondary N) is 5. The lowest BCUT2D eigenvalue weighted by Crippen LogP contribution is -2.44. The number of methoxy groups -OCH3 is 1. The van der Waals surface area contributed by atoms with E-state index in [2.05, 4.69) is 47.5 Å². The van der Waals surface area contributed by atoms with E-state index < -0.39 is 39.4 Å². The van der Waals surface area contributed by atoms with E-state index in [1.54, 1.807) is 13.2 Å². The highest BCUT2D eigenvalue weighted by molar-refractivity contribution is 7.92. The van der Waals surface area contributed by atoms with Gasteiger partial charge < -0.3 is 35.8 Å². The predicted octanol–water partition coefficient (Wildman–Crippen LogP) is 6.20. The van der Waals surface area contributed by atoms with Crippen LogP contribution in [-0.2, 0) is 26.0 Å². The molecule has 2 amide bonds. The van der Waals surface area contributed by atoms with Crippen LogP contribution in [-0.4, -0.2) is 102 Å². The van der Waals surface area contributed by atoms with Gasteiger partial charge in [-0.05, 0) is 93.3 Å². The number of amides is 2. The normalized spacial score (nSPS) is 18.6. The minimum Gasteiger partial charge on any atom is -0.494 e. The zero-order valence-corrected chi connectivity index (χ0v) is 37.6. The summed E-state index contributed by atoms with van der Waals surface area (Å²) in [5, 5.41) is 16.2. The average molecular weight is 922 g/mol. The van der Waals surface area contributed by atoms with Gasteiger partial charge in [0, 0.05) is 81.3 Å². The number of carbonyl (C=O) groups excluding carboxylic acids is 2. The number of rotatable bonds is 16. The van der Waals surface area contributed by atoms with Crippen LogP contribution in [0.4, 0.5) is 49.0 Å². The van der Waals surface area contributed by atoms with Gasteiger partial charge >= 0.3 is 0 Å². The number of nitrogens with zero attached hydrogens (tertiary/aromatic N) is 5. The number of carbonyl (C=O) groups is 2. The average Bonchev–Trinajstić information content (AvgIpc) is 3.74. The van der Waals surface area contributed by atoms with E-state index in [1.165, 1.54) is 28.9 Å². The molecular weight excluding hydrogens is 866 g/mol. The third-order valence-electron chi connectivity index (χ3n) is 12.7. The van der Waals surface area contributed by atoms with Gasteiger partial charge in [0.15, 0.2) is 5.82 Å². The molecule has 1 unspecified atom stereocenters. The molecule has 342 valence electrons. The van der Waals surface area contributed by atoms with Crippen LogP contribution in [0.1, 0.15) is 62.0 Å². The second kappa shape index (κ2) is 19.8. The Labute approximate surface area is 377 Å². The van der Waals surface area contributed by atoms with Gasteiger partial charge in [0.1, 0.15) is 22.4 Å². The van der Waals surface area contributed by atoms with Crippen molar-refractivity contribution in [1.82, 2.24) is 25.9 Å². The molecule has 0 radical (unpaired) electrons. The van der Waals surface area contributed by atoms with Crippen molar-refractivity contribution < 1.29 is 31.5 Å². The molecule has 5 N–H and O–H groups in total. The summed E-state index contributed by atoms with van der Waals surface area (Å²) in [4.78, 5) is 37.1. The SMILES string of the molecule is COc1cc(N2CCC(NCCNCCC3CCN(c4cc(F)c(C5CCC(=O)NC5=O)c(F)c4)CC3)CC2)ccc1Nc1ncc(Cl)c(Nc2cccc3c2N(S(C)(=O)=O)CC3)n1. The number of anilines is 7. The molecule has 64 heavy (non-hydrogen) atoms. The lowest BCUT2D eigenvalue weighted by Gasteiger charge is -2.34. The first-order valence-electron chi connectivity index (χ1n) is 22.0. The second-order valence-corrected chi connectivity index (χ2v) is 19.2. The van der Waals surface area contributed by atoms with Gasteiger partial charge in [0.05, 0.1) is 42.5 Å². The largest absolute Gasteiger partial charge is 0.494 e. The number of imide groups is 1. The summed E-state index contributed by atoms with van der Waals surface area (Å²) < 4.78 is 62.4. The maximum Gasteiger partial charge on any atom is 0.234 e. The number of halogens is 3. The van der Waals surface area contributed by atoms with E-state index in [9.17, 15) is 18.0 Å². The summed E-state index contributed by atoms with van der Waals surface area (Å²) in [6.45, 7) is 6.25. The number of ether oxygens (including phenoxy) is 1. The third kappa shape index (κ3) is 10.5. The quantitative estimate of drug-likeness (QED) is 0.0636. The molecule has 15 nitrogen and oxygen atoms in total. The van der Waals surface area contributed by atoms with Gasteiger partial charge in [-0.3, -0.25) is 19.2 Å². The zero-order chi connectivity index (χ0) is 45.0. The molecule has 3 fully saturated rings. The van der Waals surface area contributed by atoms with Crippen molar-refractivity contribution in [2.45, 2.75) is 63.3 Å².